The Labute approximate surface area is 556 Å². The van der Waals surface area contributed by atoms with Crippen molar-refractivity contribution in [2.75, 3.05) is 65.6 Å². The van der Waals surface area contributed by atoms with Crippen molar-refractivity contribution >= 4 is 56.2 Å². The molecule has 4 aromatic rings. The number of nitrogens with one attached hydrogen (secondary N) is 1. The summed E-state index contributed by atoms with van der Waals surface area (Å²) in [6.07, 6.45) is -10.1. The zero-order valence-electron chi connectivity index (χ0n) is 54.3. The van der Waals surface area contributed by atoms with E-state index in [1.54, 1.807) is 53.7 Å². The molecule has 0 radical (unpaired) electrons. The van der Waals surface area contributed by atoms with E-state index in [-0.39, 0.29) is 95.2 Å². The highest BCUT2D eigenvalue weighted by Crippen LogP contribution is 2.55. The number of Topliss-reactive ketones (excluding diaryl/α,β-unsaturated/α-hetero) is 2. The molecule has 530 valence electrons. The zero-order chi connectivity index (χ0) is 71.4. The van der Waals surface area contributed by atoms with Crippen LogP contribution in [0.25, 0.3) is 0 Å². The highest BCUT2D eigenvalue weighted by atomic mass is 31.2. The molecular formula is C65H82N2O28P2. The maximum atomic E-state index is 13.9. The van der Waals surface area contributed by atoms with Crippen molar-refractivity contribution in [3.63, 3.8) is 0 Å². The van der Waals surface area contributed by atoms with Gasteiger partial charge in [0, 0.05) is 96.1 Å². The number of methoxy groups -OCH3 is 1. The van der Waals surface area contributed by atoms with E-state index in [0.29, 0.717) is 19.5 Å². The van der Waals surface area contributed by atoms with E-state index in [1.165, 1.54) is 37.4 Å². The number of carbonyl (C=O) groups excluding carboxylic acids is 7. The van der Waals surface area contributed by atoms with E-state index in [9.17, 15) is 93.8 Å². The fraction of sp³-hybridized carbons (Fsp3) is 0.523. The maximum Gasteiger partial charge on any atom is 0.337 e. The number of ketones is 6. The molecule has 97 heavy (non-hydrogen) atoms. The maximum absolute atomic E-state index is 13.9. The van der Waals surface area contributed by atoms with Crippen LogP contribution in [0.3, 0.4) is 0 Å². The second kappa shape index (κ2) is 31.3. The van der Waals surface area contributed by atoms with E-state index >= 15 is 0 Å². The number of aldehydes is 1. The summed E-state index contributed by atoms with van der Waals surface area (Å²) >= 11 is 0. The molecule has 10 rings (SSSR count). The molecule has 0 saturated carbocycles. The van der Waals surface area contributed by atoms with Gasteiger partial charge in [-0.25, -0.2) is 0 Å². The van der Waals surface area contributed by atoms with E-state index in [1.807, 2.05) is 0 Å². The van der Waals surface area contributed by atoms with E-state index in [4.69, 9.17) is 47.5 Å². The minimum atomic E-state index is -3.38. The number of carbonyl (C=O) groups is 7. The van der Waals surface area contributed by atoms with Crippen molar-refractivity contribution in [3.05, 3.63) is 109 Å². The zero-order valence-corrected chi connectivity index (χ0v) is 56.1. The van der Waals surface area contributed by atoms with Crippen molar-refractivity contribution < 1.29 is 136 Å². The number of ether oxygens (including phenoxy) is 5. The third kappa shape index (κ3) is 15.3. The summed E-state index contributed by atoms with van der Waals surface area (Å²) in [6.45, 7) is 9.02. The quantitative estimate of drug-likeness (QED) is 0.0249. The number of phenols is 4. The summed E-state index contributed by atoms with van der Waals surface area (Å²) in [5.41, 5.74) is -1.06. The SMILES string of the molecule is CCOP(=O)(CC=O)OCC.CCOP(=O)(CCN[C@H]1C[C@H](O[C@H]2C[C@](O)(C(=O)CO)Cc3c(O)c4c(c(O)c32)C(=O)c2c(OC)cccc2C4=O)O[C@@H](C)[C@H]1O)OCC.C[C@@H]1O[C@@H](O[C@H]2C[C@](O)(C(=O)CO)Cc3c(O)c4c(c(O)c32)C(=O)c2ccccc2C4=O)C[C@H](N)[C@@H]1O. The predicted octanol–water partition coefficient (Wildman–Crippen LogP) is 3.34. The molecule has 6 aliphatic rings. The average Bonchev–Trinajstić information content (AvgIpc) is 0.718. The fourth-order valence-electron chi connectivity index (χ4n) is 13.0. The smallest absolute Gasteiger partial charge is 0.337 e. The third-order valence-corrected chi connectivity index (χ3v) is 21.6. The lowest BCUT2D eigenvalue weighted by molar-refractivity contribution is -0.249. The number of phenolic OH excluding ortho intramolecular Hbond substituents is 4. The Bertz CT molecular complexity index is 3760. The van der Waals surface area contributed by atoms with Gasteiger partial charge in [-0.15, -0.1) is 0 Å². The number of aromatic hydroxyl groups is 4. The standard InChI is InChI=1S/C33H42NO14P.C26H27NO10.C6H13O4P/c1-5-45-49(43,46-6-2)11-10-34-19-12-23(47-16(3)28(19)37)48-21-14-33(42,22(36)15-35)13-18-25(21)32(41)27-26(30(18)39)29(38)17-8-7-9-20(44-4)24(17)31(27)40;1-10-21(30)14(27)6-17(36-10)37-15-8-26(35,16(29)9-28)7-13-18(15)25(34)20-19(24(13)33)22(31)11-4-2-3-5-12(11)23(20)32;1-3-9-11(8,6-5-7)10-4-2/h7-9,16,19,21,23,28,34-35,37,39,41-42H,5-6,10-15H2,1-4H3;2-5,10,14-15,17,21,28,30,33-35H,6-9,27H2,1H3;5H,3-4,6H2,1-2H3/t16-,19-,21-,23-,28+,33-;10-,14-,15-,17-,21+,26-;/m00./s1. The Hall–Kier alpha value is -6.61. The van der Waals surface area contributed by atoms with Gasteiger partial charge in [0.1, 0.15) is 65.6 Å². The first-order valence-corrected chi connectivity index (χ1v) is 34.9. The third-order valence-electron chi connectivity index (χ3n) is 17.7. The molecule has 0 unspecified atom stereocenters. The van der Waals surface area contributed by atoms with Crippen LogP contribution < -0.4 is 15.8 Å². The van der Waals surface area contributed by atoms with Gasteiger partial charge in [-0.2, -0.15) is 0 Å². The minimum absolute atomic E-state index is 0.00301. The molecular weight excluding hydrogens is 1320 g/mol. The summed E-state index contributed by atoms with van der Waals surface area (Å²) in [6, 6.07) is 8.94. The van der Waals surface area contributed by atoms with Gasteiger partial charge in [0.05, 0.1) is 104 Å². The lowest BCUT2D eigenvalue weighted by atomic mass is 9.72. The van der Waals surface area contributed by atoms with Crippen LogP contribution in [-0.4, -0.2) is 218 Å². The molecule has 12 atom stereocenters. The number of hydrogen-bond donors (Lipinski definition) is 12. The highest BCUT2D eigenvalue weighted by Gasteiger charge is 2.53. The summed E-state index contributed by atoms with van der Waals surface area (Å²) in [4.78, 5) is 89.6. The summed E-state index contributed by atoms with van der Waals surface area (Å²) in [5, 5.41) is 112. The second-order valence-corrected chi connectivity index (χ2v) is 28.1. The first-order chi connectivity index (χ1) is 45.9. The topological polar surface area (TPSA) is 477 Å². The van der Waals surface area contributed by atoms with Gasteiger partial charge in [0.2, 0.25) is 5.78 Å². The second-order valence-electron chi connectivity index (χ2n) is 23.8. The average molecular weight is 1400 g/mol. The molecule has 2 heterocycles. The van der Waals surface area contributed by atoms with E-state index < -0.39 is 207 Å². The molecule has 13 N–H and O–H groups in total. The number of nitrogens with two attached hydrogens (primary N) is 1. The fourth-order valence-corrected chi connectivity index (χ4v) is 15.8. The molecule has 0 amide bonds. The summed E-state index contributed by atoms with van der Waals surface area (Å²) in [5.74, 6) is -7.55. The molecule has 4 aliphatic carbocycles. The van der Waals surface area contributed by atoms with Crippen molar-refractivity contribution in [1.82, 2.24) is 5.32 Å². The molecule has 0 aromatic heterocycles. The minimum Gasteiger partial charge on any atom is -0.507 e. The van der Waals surface area contributed by atoms with Gasteiger partial charge in [-0.05, 0) is 47.6 Å². The molecule has 0 bridgehead atoms. The first kappa shape index (κ1) is 76.1. The molecule has 0 spiro atoms. The number of fused-ring (bicyclic) bond motifs is 6. The number of aliphatic hydroxyl groups is 6. The van der Waals surface area contributed by atoms with Crippen molar-refractivity contribution in [1.29, 1.82) is 0 Å². The molecule has 2 saturated heterocycles. The molecule has 32 heteroatoms. The van der Waals surface area contributed by atoms with Crippen LogP contribution in [0.2, 0.25) is 0 Å². The van der Waals surface area contributed by atoms with Crippen LogP contribution in [0.4, 0.5) is 0 Å². The predicted molar refractivity (Wildman–Crippen MR) is 338 cm³/mol. The van der Waals surface area contributed by atoms with E-state index in [2.05, 4.69) is 5.32 Å². The molecule has 2 fully saturated rings. The molecule has 2 aliphatic heterocycles. The molecule has 30 nitrogen and oxygen atoms in total. The van der Waals surface area contributed by atoms with Gasteiger partial charge in [-0.1, -0.05) is 36.4 Å². The summed E-state index contributed by atoms with van der Waals surface area (Å²) < 4.78 is 73.7. The Kier molecular flexibility index (Phi) is 24.6. The Morgan fingerprint density at radius 3 is 1.48 bits per heavy atom. The van der Waals surface area contributed by atoms with Gasteiger partial charge < -0.3 is 109 Å². The van der Waals surface area contributed by atoms with E-state index in [0.717, 1.165) is 0 Å². The van der Waals surface area contributed by atoms with Crippen LogP contribution >= 0.6 is 15.2 Å². The van der Waals surface area contributed by atoms with Crippen LogP contribution in [0, 0.1) is 0 Å². The van der Waals surface area contributed by atoms with Gasteiger partial charge >= 0.3 is 15.2 Å². The van der Waals surface area contributed by atoms with Crippen molar-refractivity contribution in [2.24, 2.45) is 5.73 Å². The van der Waals surface area contributed by atoms with Crippen molar-refractivity contribution in [2.45, 2.75) is 153 Å². The number of hydrogen-bond acceptors (Lipinski definition) is 30. The highest BCUT2D eigenvalue weighted by molar-refractivity contribution is 7.54. The number of benzene rings is 4. The monoisotopic (exact) mass is 1400 g/mol. The first-order valence-electron chi connectivity index (χ1n) is 31.5. The summed E-state index contributed by atoms with van der Waals surface area (Å²) in [7, 11) is -5.15. The van der Waals surface area contributed by atoms with Crippen LogP contribution in [-0.2, 0) is 73.4 Å². The van der Waals surface area contributed by atoms with Crippen LogP contribution in [0.5, 0.6) is 28.7 Å². The van der Waals surface area contributed by atoms with Gasteiger partial charge in [-0.3, -0.25) is 37.9 Å². The largest absolute Gasteiger partial charge is 0.507 e. The normalized spacial score (nSPS) is 26.5. The van der Waals surface area contributed by atoms with Gasteiger partial charge in [0.25, 0.3) is 0 Å². The van der Waals surface area contributed by atoms with Gasteiger partial charge in [0.15, 0.2) is 41.5 Å². The van der Waals surface area contributed by atoms with Crippen LogP contribution in [0.1, 0.15) is 165 Å². The molecule has 4 aromatic carbocycles. The Balaban J connectivity index is 0.000000220. The van der Waals surface area contributed by atoms with Crippen LogP contribution in [0.15, 0.2) is 42.5 Å². The Morgan fingerprint density at radius 1 is 0.619 bits per heavy atom. The number of aliphatic hydroxyl groups excluding tert-OH is 4. The lowest BCUT2D eigenvalue weighted by Crippen LogP contribution is -2.55. The number of rotatable bonds is 23. The lowest BCUT2D eigenvalue weighted by Gasteiger charge is -2.43. The van der Waals surface area contributed by atoms with Crippen molar-refractivity contribution in [3.8, 4) is 28.7 Å². The Morgan fingerprint density at radius 2 is 1.04 bits per heavy atom.